The van der Waals surface area contributed by atoms with Crippen molar-refractivity contribution in [3.05, 3.63) is 35.9 Å². The number of hydrogen-bond acceptors (Lipinski definition) is 2. The van der Waals surface area contributed by atoms with Crippen molar-refractivity contribution >= 4 is 5.91 Å². The number of benzene rings is 1. The highest BCUT2D eigenvalue weighted by Gasteiger charge is 2.35. The first-order chi connectivity index (χ1) is 8.64. The zero-order chi connectivity index (χ0) is 13.0. The van der Waals surface area contributed by atoms with Gasteiger partial charge in [0.1, 0.15) is 0 Å². The Morgan fingerprint density at radius 3 is 2.50 bits per heavy atom. The van der Waals surface area contributed by atoms with Crippen molar-refractivity contribution in [3.63, 3.8) is 0 Å². The van der Waals surface area contributed by atoms with E-state index >= 15 is 0 Å². The molecule has 0 spiro atoms. The van der Waals surface area contributed by atoms with Crippen LogP contribution >= 0.6 is 0 Å². The van der Waals surface area contributed by atoms with E-state index < -0.39 is 6.04 Å². The summed E-state index contributed by atoms with van der Waals surface area (Å²) in [7, 11) is 0. The van der Waals surface area contributed by atoms with E-state index in [1.165, 1.54) is 18.4 Å². The van der Waals surface area contributed by atoms with Crippen molar-refractivity contribution in [1.82, 2.24) is 5.32 Å². The van der Waals surface area contributed by atoms with Gasteiger partial charge in [0.25, 0.3) is 0 Å². The topological polar surface area (TPSA) is 55.1 Å². The Kier molecular flexibility index (Phi) is 4.02. The fraction of sp³-hybridized carbons (Fsp3) is 0.533. The van der Waals surface area contributed by atoms with E-state index in [2.05, 4.69) is 29.6 Å². The van der Waals surface area contributed by atoms with Gasteiger partial charge in [0, 0.05) is 12.0 Å². The highest BCUT2D eigenvalue weighted by molar-refractivity contribution is 5.81. The molecule has 1 saturated carbocycles. The lowest BCUT2D eigenvalue weighted by molar-refractivity contribution is -0.122. The van der Waals surface area contributed by atoms with E-state index in [0.29, 0.717) is 6.54 Å². The molecule has 98 valence electrons. The molecule has 1 atom stereocenters. The number of nitrogens with two attached hydrogens (primary N) is 1. The molecule has 0 saturated heterocycles. The zero-order valence-corrected chi connectivity index (χ0v) is 11.0. The molecule has 0 heterocycles. The van der Waals surface area contributed by atoms with Gasteiger partial charge in [-0.05, 0) is 25.3 Å². The fourth-order valence-corrected chi connectivity index (χ4v) is 2.83. The Hall–Kier alpha value is -1.35. The second-order valence-corrected chi connectivity index (χ2v) is 5.36. The monoisotopic (exact) mass is 246 g/mol. The minimum Gasteiger partial charge on any atom is -0.354 e. The Morgan fingerprint density at radius 2 is 1.94 bits per heavy atom. The molecule has 0 radical (unpaired) electrons. The quantitative estimate of drug-likeness (QED) is 0.853. The largest absolute Gasteiger partial charge is 0.354 e. The number of hydrogen-bond donors (Lipinski definition) is 2. The van der Waals surface area contributed by atoms with Gasteiger partial charge in [-0.3, -0.25) is 4.79 Å². The third-order valence-corrected chi connectivity index (χ3v) is 3.96. The number of nitrogens with one attached hydrogen (secondary N) is 1. The summed E-state index contributed by atoms with van der Waals surface area (Å²) in [6, 6.07) is 10.1. The molecule has 3 nitrogen and oxygen atoms in total. The third kappa shape index (κ3) is 2.72. The summed E-state index contributed by atoms with van der Waals surface area (Å²) in [5.41, 5.74) is 7.05. The molecule has 1 aliphatic carbocycles. The predicted octanol–water partition coefficient (Wildman–Crippen LogP) is 1.96. The molecule has 0 bridgehead atoms. The second-order valence-electron chi connectivity index (χ2n) is 5.36. The lowest BCUT2D eigenvalue weighted by atomic mass is 9.79. The van der Waals surface area contributed by atoms with Gasteiger partial charge < -0.3 is 11.1 Å². The van der Waals surface area contributed by atoms with Crippen LogP contribution in [0, 0.1) is 0 Å². The molecule has 1 aliphatic rings. The maximum absolute atomic E-state index is 11.6. The summed E-state index contributed by atoms with van der Waals surface area (Å²) in [6.07, 6.45) is 4.78. The summed E-state index contributed by atoms with van der Waals surface area (Å²) in [4.78, 5) is 11.6. The minimum atomic E-state index is -0.431. The van der Waals surface area contributed by atoms with Crippen molar-refractivity contribution < 1.29 is 4.79 Å². The van der Waals surface area contributed by atoms with Crippen LogP contribution in [0.2, 0.25) is 0 Å². The number of carbonyl (C=O) groups is 1. The molecule has 2 rings (SSSR count). The molecule has 0 aromatic heterocycles. The molecule has 18 heavy (non-hydrogen) atoms. The van der Waals surface area contributed by atoms with Gasteiger partial charge in [0.05, 0.1) is 6.04 Å². The molecule has 3 N–H and O–H groups in total. The van der Waals surface area contributed by atoms with E-state index in [4.69, 9.17) is 5.73 Å². The average Bonchev–Trinajstić information content (AvgIpc) is 2.87. The van der Waals surface area contributed by atoms with Crippen molar-refractivity contribution in [2.45, 2.75) is 44.1 Å². The summed E-state index contributed by atoms with van der Waals surface area (Å²) >= 11 is 0. The predicted molar refractivity (Wildman–Crippen MR) is 73.2 cm³/mol. The number of rotatable bonds is 4. The van der Waals surface area contributed by atoms with Gasteiger partial charge >= 0.3 is 0 Å². The Labute approximate surface area is 109 Å². The lowest BCUT2D eigenvalue weighted by Crippen LogP contribution is -2.45. The van der Waals surface area contributed by atoms with Crippen LogP contribution in [-0.4, -0.2) is 18.5 Å². The lowest BCUT2D eigenvalue weighted by Gasteiger charge is -2.30. The Balaban J connectivity index is 2.11. The van der Waals surface area contributed by atoms with Crippen LogP contribution in [0.5, 0.6) is 0 Å². The summed E-state index contributed by atoms with van der Waals surface area (Å²) in [5, 5.41) is 3.00. The van der Waals surface area contributed by atoms with E-state index in [1.807, 2.05) is 6.07 Å². The van der Waals surface area contributed by atoms with Gasteiger partial charge in [-0.1, -0.05) is 43.2 Å². The summed E-state index contributed by atoms with van der Waals surface area (Å²) in [6.45, 7) is 2.43. The van der Waals surface area contributed by atoms with E-state index in [9.17, 15) is 4.79 Å². The van der Waals surface area contributed by atoms with Crippen molar-refractivity contribution in [1.29, 1.82) is 0 Å². The highest BCUT2D eigenvalue weighted by atomic mass is 16.2. The molecule has 0 aliphatic heterocycles. The van der Waals surface area contributed by atoms with Crippen LogP contribution in [0.4, 0.5) is 0 Å². The molecule has 1 unspecified atom stereocenters. The molecular formula is C15H22N2O. The molecule has 1 fully saturated rings. The second kappa shape index (κ2) is 5.53. The zero-order valence-electron chi connectivity index (χ0n) is 11.0. The SMILES string of the molecule is CC(N)C(=O)NCC1(c2ccccc2)CCCC1. The van der Waals surface area contributed by atoms with Crippen LogP contribution in [0.1, 0.15) is 38.2 Å². The molecule has 1 amide bonds. The molecule has 1 aromatic carbocycles. The van der Waals surface area contributed by atoms with Crippen LogP contribution in [-0.2, 0) is 10.2 Å². The molecule has 3 heteroatoms. The maximum atomic E-state index is 11.6. The minimum absolute atomic E-state index is 0.0581. The molecule has 1 aromatic rings. The van der Waals surface area contributed by atoms with Crippen molar-refractivity contribution in [2.24, 2.45) is 5.73 Å². The van der Waals surface area contributed by atoms with E-state index in [1.54, 1.807) is 6.92 Å². The first kappa shape index (κ1) is 13.1. The van der Waals surface area contributed by atoms with Gasteiger partial charge in [-0.2, -0.15) is 0 Å². The van der Waals surface area contributed by atoms with Crippen LogP contribution in [0.3, 0.4) is 0 Å². The first-order valence-electron chi connectivity index (χ1n) is 6.73. The number of amides is 1. The standard InChI is InChI=1S/C15H22N2O/c1-12(16)14(18)17-11-15(9-5-6-10-15)13-7-3-2-4-8-13/h2-4,7-8,12H,5-6,9-11,16H2,1H3,(H,17,18). The number of carbonyl (C=O) groups excluding carboxylic acids is 1. The Morgan fingerprint density at radius 1 is 1.33 bits per heavy atom. The highest BCUT2D eigenvalue weighted by Crippen LogP contribution is 2.40. The fourth-order valence-electron chi connectivity index (χ4n) is 2.83. The van der Waals surface area contributed by atoms with Gasteiger partial charge in [-0.25, -0.2) is 0 Å². The van der Waals surface area contributed by atoms with E-state index in [0.717, 1.165) is 12.8 Å². The summed E-state index contributed by atoms with van der Waals surface area (Å²) in [5.74, 6) is -0.0581. The van der Waals surface area contributed by atoms with Crippen molar-refractivity contribution in [2.75, 3.05) is 6.54 Å². The van der Waals surface area contributed by atoms with Gasteiger partial charge in [0.15, 0.2) is 0 Å². The van der Waals surface area contributed by atoms with Crippen molar-refractivity contribution in [3.8, 4) is 0 Å². The summed E-state index contributed by atoms with van der Waals surface area (Å²) < 4.78 is 0. The van der Waals surface area contributed by atoms with Gasteiger partial charge in [0.2, 0.25) is 5.91 Å². The Bertz CT molecular complexity index is 394. The third-order valence-electron chi connectivity index (χ3n) is 3.96. The maximum Gasteiger partial charge on any atom is 0.236 e. The first-order valence-corrected chi connectivity index (χ1v) is 6.73. The van der Waals surface area contributed by atoms with E-state index in [-0.39, 0.29) is 11.3 Å². The molecular weight excluding hydrogens is 224 g/mol. The normalized spacial score (nSPS) is 19.4. The van der Waals surface area contributed by atoms with Gasteiger partial charge in [-0.15, -0.1) is 0 Å². The van der Waals surface area contributed by atoms with Crippen LogP contribution in [0.25, 0.3) is 0 Å². The average molecular weight is 246 g/mol. The van der Waals surface area contributed by atoms with Crippen LogP contribution in [0.15, 0.2) is 30.3 Å². The smallest absolute Gasteiger partial charge is 0.236 e. The van der Waals surface area contributed by atoms with Crippen LogP contribution < -0.4 is 11.1 Å².